The molecule has 0 aliphatic rings. The Morgan fingerprint density at radius 1 is 1.41 bits per heavy atom. The second-order valence-electron chi connectivity index (χ2n) is 3.24. The number of rotatable bonds is 2. The van der Waals surface area contributed by atoms with Gasteiger partial charge in [0.1, 0.15) is 6.07 Å². The van der Waals surface area contributed by atoms with Crippen molar-refractivity contribution in [1.29, 1.82) is 5.26 Å². The molecule has 1 aromatic heterocycles. The fraction of sp³-hybridized carbons (Fsp3) is 0. The highest BCUT2D eigenvalue weighted by molar-refractivity contribution is 7.12. The summed E-state index contributed by atoms with van der Waals surface area (Å²) in [5.41, 5.74) is 0.966. The molecule has 0 spiro atoms. The summed E-state index contributed by atoms with van der Waals surface area (Å²) in [6.45, 7) is 0. The molecule has 3 nitrogen and oxygen atoms in total. The molecule has 0 fully saturated rings. The number of carbonyl (C=O) groups excluding carboxylic acids is 1. The summed E-state index contributed by atoms with van der Waals surface area (Å²) in [6, 6.07) is 10.3. The minimum Gasteiger partial charge on any atom is -0.321 e. The summed E-state index contributed by atoms with van der Waals surface area (Å²) in [5, 5.41) is 13.6. The van der Waals surface area contributed by atoms with E-state index in [0.29, 0.717) is 21.2 Å². The number of thiophene rings is 1. The van der Waals surface area contributed by atoms with Crippen LogP contribution in [0.15, 0.2) is 35.7 Å². The van der Waals surface area contributed by atoms with Gasteiger partial charge in [-0.1, -0.05) is 17.7 Å². The SMILES string of the molecule is N#Cc1ccc(NC(=O)c2cccs2)cc1Cl. The fourth-order valence-electron chi connectivity index (χ4n) is 1.28. The van der Waals surface area contributed by atoms with E-state index in [1.54, 1.807) is 24.3 Å². The Hall–Kier alpha value is -1.83. The summed E-state index contributed by atoms with van der Waals surface area (Å²) >= 11 is 7.23. The van der Waals surface area contributed by atoms with E-state index in [4.69, 9.17) is 16.9 Å². The zero-order valence-corrected chi connectivity index (χ0v) is 10.2. The predicted octanol–water partition coefficient (Wildman–Crippen LogP) is 3.53. The molecule has 1 heterocycles. The first-order chi connectivity index (χ1) is 8.20. The molecule has 0 aliphatic heterocycles. The third-order valence-corrected chi connectivity index (χ3v) is 3.27. The van der Waals surface area contributed by atoms with Gasteiger partial charge in [0.15, 0.2) is 0 Å². The van der Waals surface area contributed by atoms with Crippen LogP contribution < -0.4 is 5.32 Å². The average Bonchev–Trinajstić information content (AvgIpc) is 2.82. The highest BCUT2D eigenvalue weighted by Crippen LogP contribution is 2.21. The van der Waals surface area contributed by atoms with Crippen LogP contribution in [-0.2, 0) is 0 Å². The van der Waals surface area contributed by atoms with E-state index in [0.717, 1.165) is 0 Å². The summed E-state index contributed by atoms with van der Waals surface area (Å²) in [4.78, 5) is 12.4. The van der Waals surface area contributed by atoms with Crippen molar-refractivity contribution in [3.05, 3.63) is 51.2 Å². The quantitative estimate of drug-likeness (QED) is 0.900. The number of nitrogens with zero attached hydrogens (tertiary/aromatic N) is 1. The summed E-state index contributed by atoms with van der Waals surface area (Å²) in [5.74, 6) is -0.180. The summed E-state index contributed by atoms with van der Waals surface area (Å²) in [7, 11) is 0. The second kappa shape index (κ2) is 5.00. The molecule has 0 saturated carbocycles. The van der Waals surface area contributed by atoms with Crippen LogP contribution in [0, 0.1) is 11.3 Å². The van der Waals surface area contributed by atoms with Crippen LogP contribution >= 0.6 is 22.9 Å². The number of hydrogen-bond donors (Lipinski definition) is 1. The molecule has 0 saturated heterocycles. The van der Waals surface area contributed by atoms with Crippen LogP contribution in [-0.4, -0.2) is 5.91 Å². The van der Waals surface area contributed by atoms with E-state index in [1.807, 2.05) is 17.5 Å². The molecule has 1 amide bonds. The first-order valence-electron chi connectivity index (χ1n) is 4.75. The monoisotopic (exact) mass is 262 g/mol. The van der Waals surface area contributed by atoms with Crippen molar-refractivity contribution in [1.82, 2.24) is 0 Å². The first kappa shape index (κ1) is 11.6. The molecule has 1 N–H and O–H groups in total. The van der Waals surface area contributed by atoms with Gasteiger partial charge in [-0.25, -0.2) is 0 Å². The molecular weight excluding hydrogens is 256 g/mol. The number of anilines is 1. The number of hydrogen-bond acceptors (Lipinski definition) is 3. The molecule has 0 unspecified atom stereocenters. The van der Waals surface area contributed by atoms with Crippen LogP contribution in [0.1, 0.15) is 15.2 Å². The molecule has 0 atom stereocenters. The van der Waals surface area contributed by atoms with E-state index in [2.05, 4.69) is 5.32 Å². The van der Waals surface area contributed by atoms with Crippen molar-refractivity contribution >= 4 is 34.5 Å². The molecule has 1 aromatic carbocycles. The number of halogens is 1. The van der Waals surface area contributed by atoms with Gasteiger partial charge in [0.25, 0.3) is 5.91 Å². The van der Waals surface area contributed by atoms with E-state index in [-0.39, 0.29) is 5.91 Å². The number of benzene rings is 1. The van der Waals surface area contributed by atoms with Gasteiger partial charge in [0.05, 0.1) is 15.5 Å². The topological polar surface area (TPSA) is 52.9 Å². The smallest absolute Gasteiger partial charge is 0.265 e. The van der Waals surface area contributed by atoms with Gasteiger partial charge in [-0.05, 0) is 29.6 Å². The molecule has 17 heavy (non-hydrogen) atoms. The van der Waals surface area contributed by atoms with E-state index in [9.17, 15) is 4.79 Å². The zero-order chi connectivity index (χ0) is 12.3. The van der Waals surface area contributed by atoms with Crippen molar-refractivity contribution in [2.45, 2.75) is 0 Å². The van der Waals surface area contributed by atoms with Crippen molar-refractivity contribution in [3.8, 4) is 6.07 Å². The lowest BCUT2D eigenvalue weighted by atomic mass is 10.2. The van der Waals surface area contributed by atoms with Crippen LogP contribution in [0.4, 0.5) is 5.69 Å². The summed E-state index contributed by atoms with van der Waals surface area (Å²) < 4.78 is 0. The Balaban J connectivity index is 2.18. The lowest BCUT2D eigenvalue weighted by molar-refractivity contribution is 0.103. The van der Waals surface area contributed by atoms with Crippen molar-refractivity contribution in [2.24, 2.45) is 0 Å². The maximum atomic E-state index is 11.7. The Morgan fingerprint density at radius 2 is 2.24 bits per heavy atom. The number of amides is 1. The molecule has 84 valence electrons. The standard InChI is InChI=1S/C12H7ClN2OS/c13-10-6-9(4-3-8(10)7-14)15-12(16)11-2-1-5-17-11/h1-6H,(H,15,16). The fourth-order valence-corrected chi connectivity index (χ4v) is 2.13. The van der Waals surface area contributed by atoms with Crippen LogP contribution in [0.5, 0.6) is 0 Å². The normalized spacial score (nSPS) is 9.65. The van der Waals surface area contributed by atoms with Gasteiger partial charge in [0.2, 0.25) is 0 Å². The molecule has 0 radical (unpaired) electrons. The lowest BCUT2D eigenvalue weighted by Gasteiger charge is -2.04. The number of nitrogens with one attached hydrogen (secondary N) is 1. The van der Waals surface area contributed by atoms with Crippen LogP contribution in [0.2, 0.25) is 5.02 Å². The van der Waals surface area contributed by atoms with Gasteiger partial charge >= 0.3 is 0 Å². The van der Waals surface area contributed by atoms with E-state index < -0.39 is 0 Å². The van der Waals surface area contributed by atoms with Gasteiger partial charge in [-0.3, -0.25) is 4.79 Å². The van der Waals surface area contributed by atoms with Gasteiger partial charge in [-0.15, -0.1) is 11.3 Å². The Bertz CT molecular complexity index is 587. The molecule has 2 rings (SSSR count). The Labute approximate surface area is 107 Å². The van der Waals surface area contributed by atoms with Crippen molar-refractivity contribution in [3.63, 3.8) is 0 Å². The maximum Gasteiger partial charge on any atom is 0.265 e. The molecule has 2 aromatic rings. The molecule has 0 aliphatic carbocycles. The van der Waals surface area contributed by atoms with Crippen LogP contribution in [0.3, 0.4) is 0 Å². The van der Waals surface area contributed by atoms with E-state index in [1.165, 1.54) is 11.3 Å². The number of carbonyl (C=O) groups is 1. The highest BCUT2D eigenvalue weighted by atomic mass is 35.5. The highest BCUT2D eigenvalue weighted by Gasteiger charge is 2.08. The second-order valence-corrected chi connectivity index (χ2v) is 4.59. The predicted molar refractivity (Wildman–Crippen MR) is 68.4 cm³/mol. The first-order valence-corrected chi connectivity index (χ1v) is 6.01. The third-order valence-electron chi connectivity index (χ3n) is 2.09. The lowest BCUT2D eigenvalue weighted by Crippen LogP contribution is -2.09. The summed E-state index contributed by atoms with van der Waals surface area (Å²) in [6.07, 6.45) is 0. The average molecular weight is 263 g/mol. The largest absolute Gasteiger partial charge is 0.321 e. The van der Waals surface area contributed by atoms with Gasteiger partial charge in [0, 0.05) is 5.69 Å². The van der Waals surface area contributed by atoms with Crippen molar-refractivity contribution < 1.29 is 4.79 Å². The number of nitriles is 1. The van der Waals surface area contributed by atoms with E-state index >= 15 is 0 Å². The zero-order valence-electron chi connectivity index (χ0n) is 8.61. The van der Waals surface area contributed by atoms with Crippen LogP contribution in [0.25, 0.3) is 0 Å². The Kier molecular flexibility index (Phi) is 3.43. The van der Waals surface area contributed by atoms with Crippen molar-refractivity contribution in [2.75, 3.05) is 5.32 Å². The minimum atomic E-state index is -0.180. The minimum absolute atomic E-state index is 0.180. The Morgan fingerprint density at radius 3 is 2.82 bits per heavy atom. The maximum absolute atomic E-state index is 11.7. The molecule has 0 bridgehead atoms. The van der Waals surface area contributed by atoms with Gasteiger partial charge in [-0.2, -0.15) is 5.26 Å². The molecule has 5 heteroatoms. The molecular formula is C12H7ClN2OS. The third kappa shape index (κ3) is 2.64. The van der Waals surface area contributed by atoms with Gasteiger partial charge < -0.3 is 5.32 Å².